The van der Waals surface area contributed by atoms with E-state index in [1.54, 1.807) is 13.8 Å². The quantitative estimate of drug-likeness (QED) is 0.554. The monoisotopic (exact) mass is 326 g/mol. The molecule has 0 heterocycles. The van der Waals surface area contributed by atoms with E-state index in [1.165, 1.54) is 18.4 Å². The van der Waals surface area contributed by atoms with Crippen LogP contribution in [0.1, 0.15) is 13.8 Å². The molecule has 0 aliphatic heterocycles. The number of hydrogen-bond donors (Lipinski definition) is 0. The molecular weight excluding hydrogens is 312 g/mol. The van der Waals surface area contributed by atoms with Crippen LogP contribution in [-0.2, 0) is 0 Å². The Bertz CT molecular complexity index is 742. The van der Waals surface area contributed by atoms with Gasteiger partial charge in [0.2, 0.25) is 11.6 Å². The van der Waals surface area contributed by atoms with Gasteiger partial charge < -0.3 is 9.47 Å². The zero-order valence-electron chi connectivity index (χ0n) is 12.5. The first kappa shape index (κ1) is 16.9. The van der Waals surface area contributed by atoms with Crippen molar-refractivity contribution in [2.24, 2.45) is 0 Å². The van der Waals surface area contributed by atoms with E-state index in [1.807, 2.05) is 0 Å². The highest BCUT2D eigenvalue weighted by Gasteiger charge is 2.21. The summed E-state index contributed by atoms with van der Waals surface area (Å²) in [5, 5.41) is 0. The van der Waals surface area contributed by atoms with E-state index >= 15 is 0 Å². The average Bonchev–Trinajstić information content (AvgIpc) is 2.54. The Morgan fingerprint density at radius 1 is 0.826 bits per heavy atom. The van der Waals surface area contributed by atoms with Gasteiger partial charge in [-0.15, -0.1) is 0 Å². The molecule has 2 rings (SSSR count). The molecule has 2 aromatic rings. The van der Waals surface area contributed by atoms with Crippen LogP contribution >= 0.6 is 0 Å². The minimum atomic E-state index is -1.32. The summed E-state index contributed by atoms with van der Waals surface area (Å²) in [6.07, 6.45) is 2.67. The first-order valence-corrected chi connectivity index (χ1v) is 6.88. The maximum atomic E-state index is 14.1. The summed E-state index contributed by atoms with van der Waals surface area (Å²) >= 11 is 0. The molecule has 2 nitrogen and oxygen atoms in total. The predicted octanol–water partition coefficient (Wildman–Crippen LogP) is 5.22. The number of hydrogen-bond acceptors (Lipinski definition) is 2. The third-order valence-corrected chi connectivity index (χ3v) is 3.01. The molecule has 0 saturated carbocycles. The van der Waals surface area contributed by atoms with Crippen molar-refractivity contribution in [1.82, 2.24) is 0 Å². The van der Waals surface area contributed by atoms with Crippen LogP contribution < -0.4 is 9.47 Å². The van der Waals surface area contributed by atoms with Gasteiger partial charge in [0.1, 0.15) is 0 Å². The van der Waals surface area contributed by atoms with Crippen molar-refractivity contribution in [3.8, 4) is 22.6 Å². The molecule has 0 spiro atoms. The maximum absolute atomic E-state index is 14.1. The number of rotatable bonds is 5. The smallest absolute Gasteiger partial charge is 0.201 e. The molecular formula is C17H14F4O2. The second kappa shape index (κ2) is 7.17. The van der Waals surface area contributed by atoms with Gasteiger partial charge in [-0.3, -0.25) is 0 Å². The van der Waals surface area contributed by atoms with Gasteiger partial charge in [-0.05, 0) is 38.1 Å². The van der Waals surface area contributed by atoms with Crippen molar-refractivity contribution in [2.45, 2.75) is 13.8 Å². The van der Waals surface area contributed by atoms with E-state index in [9.17, 15) is 17.6 Å². The Morgan fingerprint density at radius 3 is 1.87 bits per heavy atom. The standard InChI is InChI=1S/C17H14F4O2/c1-3-9-23-13-8-6-11(15(19)17(13)21)10-5-7-12(22-4-2)16(20)14(10)18/h3,5-9H,4H2,1-2H3. The zero-order chi connectivity index (χ0) is 17.0. The summed E-state index contributed by atoms with van der Waals surface area (Å²) in [4.78, 5) is 0. The molecule has 0 aliphatic carbocycles. The van der Waals surface area contributed by atoms with Crippen LogP contribution in [0.5, 0.6) is 11.5 Å². The van der Waals surface area contributed by atoms with E-state index < -0.39 is 34.4 Å². The van der Waals surface area contributed by atoms with Gasteiger partial charge >= 0.3 is 0 Å². The molecule has 0 fully saturated rings. The van der Waals surface area contributed by atoms with Crippen LogP contribution in [0.2, 0.25) is 0 Å². The molecule has 23 heavy (non-hydrogen) atoms. The number of benzene rings is 2. The molecule has 0 saturated heterocycles. The van der Waals surface area contributed by atoms with Gasteiger partial charge in [-0.1, -0.05) is 6.08 Å². The van der Waals surface area contributed by atoms with Gasteiger partial charge in [0.05, 0.1) is 12.9 Å². The Kier molecular flexibility index (Phi) is 5.26. The number of allylic oxidation sites excluding steroid dienone is 1. The van der Waals surface area contributed by atoms with Crippen LogP contribution in [0, 0.1) is 23.3 Å². The van der Waals surface area contributed by atoms with E-state index in [-0.39, 0.29) is 18.1 Å². The normalized spacial score (nSPS) is 11.0. The molecule has 0 atom stereocenters. The van der Waals surface area contributed by atoms with E-state index in [4.69, 9.17) is 9.47 Å². The summed E-state index contributed by atoms with van der Waals surface area (Å²) in [5.74, 6) is -5.81. The van der Waals surface area contributed by atoms with Crippen LogP contribution in [0.3, 0.4) is 0 Å². The fourth-order valence-corrected chi connectivity index (χ4v) is 1.98. The summed E-state index contributed by atoms with van der Waals surface area (Å²) in [7, 11) is 0. The third-order valence-electron chi connectivity index (χ3n) is 3.01. The van der Waals surface area contributed by atoms with Crippen molar-refractivity contribution < 1.29 is 27.0 Å². The molecule has 0 aliphatic rings. The molecule has 0 aromatic heterocycles. The van der Waals surface area contributed by atoms with Crippen molar-refractivity contribution in [3.63, 3.8) is 0 Å². The number of halogens is 4. The highest BCUT2D eigenvalue weighted by atomic mass is 19.2. The molecule has 0 amide bonds. The summed E-state index contributed by atoms with van der Waals surface area (Å²) in [6.45, 7) is 3.40. The lowest BCUT2D eigenvalue weighted by Gasteiger charge is -2.11. The zero-order valence-corrected chi connectivity index (χ0v) is 12.5. The van der Waals surface area contributed by atoms with Gasteiger partial charge in [0, 0.05) is 11.1 Å². The highest BCUT2D eigenvalue weighted by Crippen LogP contribution is 2.34. The Hall–Kier alpha value is -2.50. The first-order valence-electron chi connectivity index (χ1n) is 6.88. The Labute approximate surface area is 131 Å². The molecule has 0 N–H and O–H groups in total. The van der Waals surface area contributed by atoms with Crippen LogP contribution in [-0.4, -0.2) is 6.61 Å². The largest absolute Gasteiger partial charge is 0.491 e. The van der Waals surface area contributed by atoms with E-state index in [0.717, 1.165) is 18.2 Å². The van der Waals surface area contributed by atoms with Gasteiger partial charge in [-0.25, -0.2) is 8.78 Å². The molecule has 2 aromatic carbocycles. The third kappa shape index (κ3) is 3.31. The molecule has 122 valence electrons. The highest BCUT2D eigenvalue weighted by molar-refractivity contribution is 5.67. The van der Waals surface area contributed by atoms with Gasteiger partial charge in [-0.2, -0.15) is 8.78 Å². The average molecular weight is 326 g/mol. The lowest BCUT2D eigenvalue weighted by molar-refractivity contribution is 0.314. The van der Waals surface area contributed by atoms with Crippen molar-refractivity contribution in [2.75, 3.05) is 6.61 Å². The summed E-state index contributed by atoms with van der Waals surface area (Å²) in [5.41, 5.74) is -0.810. The fraction of sp³-hybridized carbons (Fsp3) is 0.176. The molecule has 0 bridgehead atoms. The summed E-state index contributed by atoms with van der Waals surface area (Å²) < 4.78 is 65.8. The van der Waals surface area contributed by atoms with E-state index in [0.29, 0.717) is 0 Å². The van der Waals surface area contributed by atoms with Crippen molar-refractivity contribution >= 4 is 0 Å². The lowest BCUT2D eigenvalue weighted by Crippen LogP contribution is -2.00. The lowest BCUT2D eigenvalue weighted by atomic mass is 10.0. The maximum Gasteiger partial charge on any atom is 0.201 e. The molecule has 0 radical (unpaired) electrons. The number of ether oxygens (including phenoxy) is 2. The topological polar surface area (TPSA) is 18.5 Å². The molecule has 6 heteroatoms. The Balaban J connectivity index is 2.51. The second-order valence-electron chi connectivity index (χ2n) is 4.50. The SMILES string of the molecule is CC=COc1ccc(-c2ccc(OCC)c(F)c2F)c(F)c1F. The van der Waals surface area contributed by atoms with Crippen molar-refractivity contribution in [3.05, 3.63) is 59.9 Å². The first-order chi connectivity index (χ1) is 11.0. The minimum Gasteiger partial charge on any atom is -0.491 e. The van der Waals surface area contributed by atoms with E-state index in [2.05, 4.69) is 0 Å². The molecule has 0 unspecified atom stereocenters. The van der Waals surface area contributed by atoms with Crippen LogP contribution in [0.4, 0.5) is 17.6 Å². The van der Waals surface area contributed by atoms with Crippen LogP contribution in [0.25, 0.3) is 11.1 Å². The van der Waals surface area contributed by atoms with Gasteiger partial charge in [0.25, 0.3) is 0 Å². The minimum absolute atomic E-state index is 0.148. The Morgan fingerprint density at radius 2 is 1.35 bits per heavy atom. The van der Waals surface area contributed by atoms with Crippen LogP contribution in [0.15, 0.2) is 36.6 Å². The van der Waals surface area contributed by atoms with Crippen molar-refractivity contribution in [1.29, 1.82) is 0 Å². The van der Waals surface area contributed by atoms with Gasteiger partial charge in [0.15, 0.2) is 23.1 Å². The fourth-order valence-electron chi connectivity index (χ4n) is 1.98. The summed E-state index contributed by atoms with van der Waals surface area (Å²) in [6, 6.07) is 4.56. The second-order valence-corrected chi connectivity index (χ2v) is 4.50. The predicted molar refractivity (Wildman–Crippen MR) is 78.3 cm³/mol.